The first-order valence-electron chi connectivity index (χ1n) is 6.08. The fraction of sp³-hybridized carbons (Fsp3) is 0.462. The Morgan fingerprint density at radius 2 is 2.47 bits per heavy atom. The zero-order valence-corrected chi connectivity index (χ0v) is 10.5. The van der Waals surface area contributed by atoms with Crippen molar-refractivity contribution in [2.75, 3.05) is 32.9 Å². The third-order valence-electron chi connectivity index (χ3n) is 3.01. The van der Waals surface area contributed by atoms with Gasteiger partial charge in [0.1, 0.15) is 11.8 Å². The van der Waals surface area contributed by atoms with Gasteiger partial charge in [-0.15, -0.1) is 0 Å². The molecular formula is C13H15N3O3. The van der Waals surface area contributed by atoms with Crippen molar-refractivity contribution in [3.63, 3.8) is 0 Å². The van der Waals surface area contributed by atoms with E-state index in [-0.39, 0.29) is 24.1 Å². The van der Waals surface area contributed by atoms with Gasteiger partial charge in [0.25, 0.3) is 5.91 Å². The molecule has 1 saturated heterocycles. The Balaban J connectivity index is 2.10. The molecule has 0 saturated carbocycles. The average Bonchev–Trinajstić information content (AvgIpc) is 2.72. The minimum atomic E-state index is -0.152. The van der Waals surface area contributed by atoms with Gasteiger partial charge < -0.3 is 14.7 Å². The summed E-state index contributed by atoms with van der Waals surface area (Å²) in [7, 11) is 0. The minimum absolute atomic E-state index is 0.00456. The Kier molecular flexibility index (Phi) is 4.44. The van der Waals surface area contributed by atoms with E-state index in [1.54, 1.807) is 11.0 Å². The molecule has 1 N–H and O–H groups in total. The van der Waals surface area contributed by atoms with Crippen LogP contribution in [0, 0.1) is 17.2 Å². The third kappa shape index (κ3) is 3.28. The number of aromatic nitrogens is 1. The van der Waals surface area contributed by atoms with Crippen molar-refractivity contribution in [2.45, 2.75) is 0 Å². The van der Waals surface area contributed by atoms with Crippen LogP contribution in [-0.2, 0) is 4.74 Å². The summed E-state index contributed by atoms with van der Waals surface area (Å²) in [5.74, 6) is -0.210. The summed E-state index contributed by atoms with van der Waals surface area (Å²) < 4.78 is 5.34. The first kappa shape index (κ1) is 13.5. The Hall–Kier alpha value is -1.97. The molecule has 0 aromatic carbocycles. The topological polar surface area (TPSA) is 86.5 Å². The number of carbonyl (C=O) groups is 1. The van der Waals surface area contributed by atoms with E-state index in [4.69, 9.17) is 10.00 Å². The normalized spacial score (nSPS) is 19.6. The monoisotopic (exact) mass is 261 g/mol. The number of pyridine rings is 1. The van der Waals surface area contributed by atoms with Crippen molar-refractivity contribution in [2.24, 2.45) is 5.92 Å². The molecule has 1 unspecified atom stereocenters. The highest BCUT2D eigenvalue weighted by Gasteiger charge is 2.23. The lowest BCUT2D eigenvalue weighted by atomic mass is 10.1. The zero-order valence-electron chi connectivity index (χ0n) is 10.5. The summed E-state index contributed by atoms with van der Waals surface area (Å²) in [6.07, 6.45) is 1.40. The second-order valence-electron chi connectivity index (χ2n) is 4.42. The lowest BCUT2D eigenvalue weighted by Gasteiger charge is -2.22. The van der Waals surface area contributed by atoms with Crippen LogP contribution in [-0.4, -0.2) is 53.8 Å². The number of ether oxygens (including phenoxy) is 1. The number of hydrogen-bond acceptors (Lipinski definition) is 5. The molecule has 1 amide bonds. The molecule has 1 aliphatic heterocycles. The van der Waals surface area contributed by atoms with E-state index in [1.807, 2.05) is 6.07 Å². The highest BCUT2D eigenvalue weighted by atomic mass is 16.5. The van der Waals surface area contributed by atoms with Gasteiger partial charge in [0.2, 0.25) is 0 Å². The number of rotatable bonds is 2. The second kappa shape index (κ2) is 6.27. The van der Waals surface area contributed by atoms with Crippen molar-refractivity contribution in [1.29, 1.82) is 5.26 Å². The number of aliphatic hydroxyl groups is 1. The average molecular weight is 261 g/mol. The molecule has 0 bridgehead atoms. The van der Waals surface area contributed by atoms with Crippen molar-refractivity contribution < 1.29 is 14.6 Å². The fourth-order valence-corrected chi connectivity index (χ4v) is 1.94. The maximum Gasteiger partial charge on any atom is 0.255 e. The number of aliphatic hydroxyl groups excluding tert-OH is 1. The number of hydrogen-bond donors (Lipinski definition) is 1. The molecule has 1 aromatic heterocycles. The Bertz CT molecular complexity index is 481. The van der Waals surface area contributed by atoms with Crippen LogP contribution in [0.25, 0.3) is 0 Å². The molecule has 100 valence electrons. The summed E-state index contributed by atoms with van der Waals surface area (Å²) in [4.78, 5) is 17.8. The van der Waals surface area contributed by atoms with Crippen LogP contribution in [0.4, 0.5) is 0 Å². The zero-order chi connectivity index (χ0) is 13.7. The van der Waals surface area contributed by atoms with Crippen LogP contribution in [0.2, 0.25) is 0 Å². The van der Waals surface area contributed by atoms with Gasteiger partial charge in [-0.3, -0.25) is 4.79 Å². The van der Waals surface area contributed by atoms with Crippen molar-refractivity contribution in [3.05, 3.63) is 29.6 Å². The fourth-order valence-electron chi connectivity index (χ4n) is 1.94. The molecule has 1 aliphatic rings. The SMILES string of the molecule is N#Cc1ccc(C(=O)N2CCOCC(CO)C2)cn1. The van der Waals surface area contributed by atoms with Crippen LogP contribution in [0.15, 0.2) is 18.3 Å². The summed E-state index contributed by atoms with van der Waals surface area (Å²) in [6, 6.07) is 5.02. The highest BCUT2D eigenvalue weighted by Crippen LogP contribution is 2.11. The standard InChI is InChI=1S/C13H15N3O3/c14-5-12-2-1-11(6-15-12)13(18)16-3-4-19-9-10(7-16)8-17/h1-2,6,10,17H,3-4,7-9H2. The van der Waals surface area contributed by atoms with Gasteiger partial charge >= 0.3 is 0 Å². The van der Waals surface area contributed by atoms with Gasteiger partial charge in [-0.25, -0.2) is 4.98 Å². The van der Waals surface area contributed by atoms with E-state index in [0.717, 1.165) is 0 Å². The quantitative estimate of drug-likeness (QED) is 0.812. The van der Waals surface area contributed by atoms with Crippen LogP contribution >= 0.6 is 0 Å². The second-order valence-corrected chi connectivity index (χ2v) is 4.42. The summed E-state index contributed by atoms with van der Waals surface area (Å²) in [6.45, 7) is 1.89. The van der Waals surface area contributed by atoms with Crippen molar-refractivity contribution in [3.8, 4) is 6.07 Å². The lowest BCUT2D eigenvalue weighted by molar-refractivity contribution is 0.0728. The van der Waals surface area contributed by atoms with Gasteiger partial charge in [-0.2, -0.15) is 5.26 Å². The van der Waals surface area contributed by atoms with E-state index in [9.17, 15) is 9.90 Å². The molecule has 1 atom stereocenters. The number of nitriles is 1. The first-order chi connectivity index (χ1) is 9.24. The van der Waals surface area contributed by atoms with E-state index < -0.39 is 0 Å². The molecule has 6 heteroatoms. The molecule has 0 spiro atoms. The Labute approximate surface area is 111 Å². The van der Waals surface area contributed by atoms with Gasteiger partial charge in [-0.1, -0.05) is 0 Å². The van der Waals surface area contributed by atoms with E-state index in [2.05, 4.69) is 4.98 Å². The third-order valence-corrected chi connectivity index (χ3v) is 3.01. The van der Waals surface area contributed by atoms with E-state index in [1.165, 1.54) is 12.3 Å². The molecule has 2 rings (SSSR count). The largest absolute Gasteiger partial charge is 0.396 e. The van der Waals surface area contributed by atoms with Crippen molar-refractivity contribution >= 4 is 5.91 Å². The maximum absolute atomic E-state index is 12.3. The molecule has 6 nitrogen and oxygen atoms in total. The molecule has 1 fully saturated rings. The smallest absolute Gasteiger partial charge is 0.255 e. The van der Waals surface area contributed by atoms with Crippen LogP contribution < -0.4 is 0 Å². The number of carbonyl (C=O) groups excluding carboxylic acids is 1. The number of nitrogens with zero attached hydrogens (tertiary/aromatic N) is 3. The number of amides is 1. The lowest BCUT2D eigenvalue weighted by Crippen LogP contribution is -2.36. The Morgan fingerprint density at radius 1 is 1.63 bits per heavy atom. The van der Waals surface area contributed by atoms with Crippen LogP contribution in [0.1, 0.15) is 16.1 Å². The summed E-state index contributed by atoms with van der Waals surface area (Å²) in [5.41, 5.74) is 0.724. The Morgan fingerprint density at radius 3 is 3.11 bits per heavy atom. The van der Waals surface area contributed by atoms with Gasteiger partial charge in [0, 0.05) is 31.8 Å². The minimum Gasteiger partial charge on any atom is -0.396 e. The van der Waals surface area contributed by atoms with Crippen LogP contribution in [0.3, 0.4) is 0 Å². The van der Waals surface area contributed by atoms with Crippen LogP contribution in [0.5, 0.6) is 0 Å². The molecule has 2 heterocycles. The van der Waals surface area contributed by atoms with Crippen molar-refractivity contribution in [1.82, 2.24) is 9.88 Å². The van der Waals surface area contributed by atoms with Gasteiger partial charge in [0.05, 0.1) is 18.8 Å². The van der Waals surface area contributed by atoms with E-state index >= 15 is 0 Å². The van der Waals surface area contributed by atoms with Gasteiger partial charge in [-0.05, 0) is 12.1 Å². The summed E-state index contributed by atoms with van der Waals surface area (Å²) >= 11 is 0. The van der Waals surface area contributed by atoms with Gasteiger partial charge in [0.15, 0.2) is 0 Å². The summed E-state index contributed by atoms with van der Waals surface area (Å²) in [5, 5.41) is 17.9. The molecule has 0 radical (unpaired) electrons. The first-order valence-corrected chi connectivity index (χ1v) is 6.08. The highest BCUT2D eigenvalue weighted by molar-refractivity contribution is 5.94. The molecule has 1 aromatic rings. The van der Waals surface area contributed by atoms with E-state index in [0.29, 0.717) is 31.9 Å². The predicted octanol–water partition coefficient (Wildman–Crippen LogP) is 0.0342. The molecular weight excluding hydrogens is 246 g/mol. The predicted molar refractivity (Wildman–Crippen MR) is 66.3 cm³/mol. The maximum atomic E-state index is 12.3. The molecule has 0 aliphatic carbocycles. The molecule has 19 heavy (non-hydrogen) atoms.